The molecular weight excluding hydrogens is 271 g/mol. The number of nitrogens with one attached hydrogen (secondary N) is 2. The largest absolute Gasteiger partial charge is 0.336 e. The van der Waals surface area contributed by atoms with Crippen LogP contribution in [0.3, 0.4) is 0 Å². The van der Waals surface area contributed by atoms with Crippen molar-refractivity contribution in [1.29, 1.82) is 0 Å². The third kappa shape index (κ3) is 4.52. The molecule has 2 N–H and O–H groups in total. The first kappa shape index (κ1) is 14.9. The Labute approximate surface area is 122 Å². The molecule has 0 fully saturated rings. The van der Waals surface area contributed by atoms with Gasteiger partial charge in [-0.1, -0.05) is 25.5 Å². The fourth-order valence-corrected chi connectivity index (χ4v) is 1.71. The molecule has 6 heteroatoms. The summed E-state index contributed by atoms with van der Waals surface area (Å²) in [5.74, 6) is 0.346. The molecule has 0 saturated carbocycles. The van der Waals surface area contributed by atoms with E-state index in [1.165, 1.54) is 6.07 Å². The number of hydrogen-bond donors (Lipinski definition) is 2. The summed E-state index contributed by atoms with van der Waals surface area (Å²) >= 11 is 0. The van der Waals surface area contributed by atoms with E-state index >= 15 is 0 Å². The van der Waals surface area contributed by atoms with Gasteiger partial charge < -0.3 is 10.6 Å². The van der Waals surface area contributed by atoms with Crippen LogP contribution < -0.4 is 10.6 Å². The van der Waals surface area contributed by atoms with Gasteiger partial charge in [0.1, 0.15) is 5.82 Å². The Hall–Kier alpha value is -2.50. The van der Waals surface area contributed by atoms with Crippen LogP contribution in [-0.4, -0.2) is 16.1 Å². The number of halogens is 1. The van der Waals surface area contributed by atoms with E-state index in [9.17, 15) is 9.18 Å². The summed E-state index contributed by atoms with van der Waals surface area (Å²) in [6.45, 7) is 2.02. The van der Waals surface area contributed by atoms with Crippen molar-refractivity contribution in [2.45, 2.75) is 26.2 Å². The molecule has 21 heavy (non-hydrogen) atoms. The third-order valence-electron chi connectivity index (χ3n) is 2.83. The number of hydrogen-bond acceptors (Lipinski definition) is 4. The van der Waals surface area contributed by atoms with E-state index in [0.29, 0.717) is 23.7 Å². The maximum Gasteiger partial charge on any atom is 0.225 e. The molecule has 1 aromatic carbocycles. The number of rotatable bonds is 6. The zero-order valence-corrected chi connectivity index (χ0v) is 11.8. The Balaban J connectivity index is 1.96. The number of unbranched alkanes of at least 4 members (excludes halogenated alkanes) is 1. The first-order valence-electron chi connectivity index (χ1n) is 6.84. The molecule has 2 rings (SSSR count). The SMILES string of the molecule is CCCCC(=O)Nc1ccc(Nc2ccccc2F)nn1. The van der Waals surface area contributed by atoms with E-state index < -0.39 is 0 Å². The zero-order chi connectivity index (χ0) is 15.1. The Bertz CT molecular complexity index is 601. The minimum atomic E-state index is -0.365. The fourth-order valence-electron chi connectivity index (χ4n) is 1.71. The van der Waals surface area contributed by atoms with E-state index in [-0.39, 0.29) is 11.7 Å². The van der Waals surface area contributed by atoms with Crippen molar-refractivity contribution in [3.05, 3.63) is 42.2 Å². The van der Waals surface area contributed by atoms with Gasteiger partial charge in [0.15, 0.2) is 11.6 Å². The van der Waals surface area contributed by atoms with Crippen molar-refractivity contribution in [2.24, 2.45) is 0 Å². The molecule has 0 aliphatic heterocycles. The summed E-state index contributed by atoms with van der Waals surface area (Å²) in [7, 11) is 0. The summed E-state index contributed by atoms with van der Waals surface area (Å²) in [6, 6.07) is 9.56. The van der Waals surface area contributed by atoms with Crippen molar-refractivity contribution in [1.82, 2.24) is 10.2 Å². The van der Waals surface area contributed by atoms with Crippen LogP contribution in [0.5, 0.6) is 0 Å². The van der Waals surface area contributed by atoms with Crippen LogP contribution in [0, 0.1) is 5.82 Å². The normalized spacial score (nSPS) is 10.2. The van der Waals surface area contributed by atoms with E-state index in [4.69, 9.17) is 0 Å². The summed E-state index contributed by atoms with van der Waals surface area (Å²) in [5, 5.41) is 13.3. The molecule has 0 spiro atoms. The highest BCUT2D eigenvalue weighted by Crippen LogP contribution is 2.17. The van der Waals surface area contributed by atoms with Crippen LogP contribution in [0.2, 0.25) is 0 Å². The monoisotopic (exact) mass is 288 g/mol. The molecule has 0 atom stereocenters. The number of anilines is 3. The second kappa shape index (κ2) is 7.33. The van der Waals surface area contributed by atoms with Crippen LogP contribution in [0.25, 0.3) is 0 Å². The van der Waals surface area contributed by atoms with Gasteiger partial charge in [-0.2, -0.15) is 0 Å². The minimum Gasteiger partial charge on any atom is -0.336 e. The fraction of sp³-hybridized carbons (Fsp3) is 0.267. The van der Waals surface area contributed by atoms with Crippen molar-refractivity contribution < 1.29 is 9.18 Å². The topological polar surface area (TPSA) is 66.9 Å². The molecule has 0 bridgehead atoms. The molecule has 1 amide bonds. The lowest BCUT2D eigenvalue weighted by Crippen LogP contribution is -2.12. The first-order chi connectivity index (χ1) is 10.2. The number of benzene rings is 1. The highest BCUT2D eigenvalue weighted by molar-refractivity contribution is 5.89. The number of aromatic nitrogens is 2. The number of nitrogens with zero attached hydrogens (tertiary/aromatic N) is 2. The van der Waals surface area contributed by atoms with Crippen LogP contribution in [0.1, 0.15) is 26.2 Å². The standard InChI is InChI=1S/C15H17FN4O/c1-2-3-8-15(21)18-14-10-9-13(19-20-14)17-12-7-5-4-6-11(12)16/h4-7,9-10H,2-3,8H2,1H3,(H,17,19)(H,18,20,21). The lowest BCUT2D eigenvalue weighted by atomic mass is 10.2. The van der Waals surface area contributed by atoms with E-state index in [1.807, 2.05) is 6.92 Å². The zero-order valence-electron chi connectivity index (χ0n) is 11.8. The van der Waals surface area contributed by atoms with Crippen LogP contribution in [-0.2, 0) is 4.79 Å². The van der Waals surface area contributed by atoms with E-state index in [0.717, 1.165) is 12.8 Å². The Kier molecular flexibility index (Phi) is 5.20. The molecule has 0 aliphatic rings. The predicted molar refractivity (Wildman–Crippen MR) is 79.9 cm³/mol. The molecule has 0 aliphatic carbocycles. The average Bonchev–Trinajstić information content (AvgIpc) is 2.49. The molecule has 5 nitrogen and oxygen atoms in total. The maximum absolute atomic E-state index is 13.5. The second-order valence-electron chi connectivity index (χ2n) is 4.56. The van der Waals surface area contributed by atoms with E-state index in [1.54, 1.807) is 30.3 Å². The van der Waals surface area contributed by atoms with Gasteiger partial charge in [0, 0.05) is 6.42 Å². The van der Waals surface area contributed by atoms with Gasteiger partial charge in [-0.05, 0) is 30.7 Å². The first-order valence-corrected chi connectivity index (χ1v) is 6.84. The number of carbonyl (C=O) groups is 1. The quantitative estimate of drug-likeness (QED) is 0.854. The van der Waals surface area contributed by atoms with Gasteiger partial charge in [0.05, 0.1) is 5.69 Å². The Morgan fingerprint density at radius 2 is 1.86 bits per heavy atom. The van der Waals surface area contributed by atoms with Crippen molar-refractivity contribution in [3.63, 3.8) is 0 Å². The molecular formula is C15H17FN4O. The van der Waals surface area contributed by atoms with Gasteiger partial charge in [-0.25, -0.2) is 4.39 Å². The smallest absolute Gasteiger partial charge is 0.225 e. The van der Waals surface area contributed by atoms with Crippen LogP contribution >= 0.6 is 0 Å². The van der Waals surface area contributed by atoms with Gasteiger partial charge in [-0.3, -0.25) is 4.79 Å². The van der Waals surface area contributed by atoms with Crippen molar-refractivity contribution in [3.8, 4) is 0 Å². The van der Waals surface area contributed by atoms with Crippen LogP contribution in [0.15, 0.2) is 36.4 Å². The van der Waals surface area contributed by atoms with E-state index in [2.05, 4.69) is 20.8 Å². The van der Waals surface area contributed by atoms with Crippen LogP contribution in [0.4, 0.5) is 21.7 Å². The lowest BCUT2D eigenvalue weighted by Gasteiger charge is -2.07. The average molecular weight is 288 g/mol. The lowest BCUT2D eigenvalue weighted by molar-refractivity contribution is -0.116. The summed E-state index contributed by atoms with van der Waals surface area (Å²) in [5.41, 5.74) is 0.325. The van der Waals surface area contributed by atoms with Gasteiger partial charge in [-0.15, -0.1) is 10.2 Å². The van der Waals surface area contributed by atoms with Gasteiger partial charge in [0.2, 0.25) is 5.91 Å². The molecule has 1 heterocycles. The Morgan fingerprint density at radius 1 is 1.14 bits per heavy atom. The Morgan fingerprint density at radius 3 is 2.52 bits per heavy atom. The summed E-state index contributed by atoms with van der Waals surface area (Å²) < 4.78 is 13.5. The number of para-hydroxylation sites is 1. The van der Waals surface area contributed by atoms with Gasteiger partial charge in [0.25, 0.3) is 0 Å². The van der Waals surface area contributed by atoms with Gasteiger partial charge >= 0.3 is 0 Å². The van der Waals surface area contributed by atoms with Crippen molar-refractivity contribution in [2.75, 3.05) is 10.6 Å². The molecule has 0 unspecified atom stereocenters. The third-order valence-corrected chi connectivity index (χ3v) is 2.83. The second-order valence-corrected chi connectivity index (χ2v) is 4.56. The molecule has 110 valence electrons. The predicted octanol–water partition coefficient (Wildman–Crippen LogP) is 3.49. The highest BCUT2D eigenvalue weighted by atomic mass is 19.1. The number of amides is 1. The summed E-state index contributed by atoms with van der Waals surface area (Å²) in [4.78, 5) is 11.5. The highest BCUT2D eigenvalue weighted by Gasteiger charge is 2.05. The molecule has 0 saturated heterocycles. The van der Waals surface area contributed by atoms with Crippen molar-refractivity contribution >= 4 is 23.2 Å². The summed E-state index contributed by atoms with van der Waals surface area (Å²) in [6.07, 6.45) is 2.27. The molecule has 0 radical (unpaired) electrons. The molecule has 1 aromatic heterocycles. The minimum absolute atomic E-state index is 0.0824. The maximum atomic E-state index is 13.5. The number of carbonyl (C=O) groups excluding carboxylic acids is 1. The molecule has 2 aromatic rings.